The maximum atomic E-state index is 12.1. The summed E-state index contributed by atoms with van der Waals surface area (Å²) in [5, 5.41) is 3.66. The molecule has 1 unspecified atom stereocenters. The number of rotatable bonds is 5. The van der Waals surface area contributed by atoms with Gasteiger partial charge in [0, 0.05) is 11.1 Å². The Morgan fingerprint density at radius 3 is 2.56 bits per heavy atom. The number of carbonyl (C=O) groups excluding carboxylic acids is 1. The Balaban J connectivity index is 2.15. The molecule has 4 heteroatoms. The Kier molecular flexibility index (Phi) is 4.25. The van der Waals surface area contributed by atoms with Gasteiger partial charge in [-0.2, -0.15) is 0 Å². The third-order valence-corrected chi connectivity index (χ3v) is 3.58. The smallest absolute Gasteiger partial charge is 0.237 e. The first-order chi connectivity index (χ1) is 8.63. The van der Waals surface area contributed by atoms with E-state index in [1.54, 1.807) is 7.05 Å². The Morgan fingerprint density at radius 2 is 2.06 bits per heavy atom. The van der Waals surface area contributed by atoms with Crippen LogP contribution in [0.1, 0.15) is 31.4 Å². The molecule has 2 rings (SSSR count). The molecule has 18 heavy (non-hydrogen) atoms. The number of nitrogens with zero attached hydrogens (tertiary/aromatic N) is 1. The quantitative estimate of drug-likeness (QED) is 0.889. The Morgan fingerprint density at radius 1 is 1.44 bits per heavy atom. The molecule has 3 nitrogen and oxygen atoms in total. The van der Waals surface area contributed by atoms with Gasteiger partial charge in [-0.3, -0.25) is 4.79 Å². The third kappa shape index (κ3) is 3.03. The molecule has 1 aromatic rings. The van der Waals surface area contributed by atoms with E-state index in [1.165, 1.54) is 0 Å². The molecule has 1 N–H and O–H groups in total. The van der Waals surface area contributed by atoms with Crippen molar-refractivity contribution in [2.45, 2.75) is 31.8 Å². The van der Waals surface area contributed by atoms with Gasteiger partial charge in [0.15, 0.2) is 0 Å². The monoisotopic (exact) mass is 266 g/mol. The number of benzene rings is 1. The Labute approximate surface area is 113 Å². The molecule has 0 saturated heterocycles. The van der Waals surface area contributed by atoms with Crippen LogP contribution in [0, 0.1) is 0 Å². The summed E-state index contributed by atoms with van der Waals surface area (Å²) in [5.41, 5.74) is 1.13. The van der Waals surface area contributed by atoms with E-state index in [-0.39, 0.29) is 11.9 Å². The average Bonchev–Trinajstić information content (AvgIpc) is 3.15. The van der Waals surface area contributed by atoms with Crippen LogP contribution in [0.3, 0.4) is 0 Å². The van der Waals surface area contributed by atoms with Gasteiger partial charge in [0.1, 0.15) is 0 Å². The molecule has 1 aromatic carbocycles. The summed E-state index contributed by atoms with van der Waals surface area (Å²) in [5.74, 6) is 0.169. The van der Waals surface area contributed by atoms with Gasteiger partial charge in [-0.1, -0.05) is 23.7 Å². The van der Waals surface area contributed by atoms with Crippen LogP contribution in [0.25, 0.3) is 0 Å². The Bertz CT molecular complexity index is 414. The maximum Gasteiger partial charge on any atom is 0.237 e. The first kappa shape index (κ1) is 13.4. The average molecular weight is 267 g/mol. The summed E-state index contributed by atoms with van der Waals surface area (Å²) in [6.07, 6.45) is 2.24. The molecule has 0 radical (unpaired) electrons. The summed E-state index contributed by atoms with van der Waals surface area (Å²) in [6.45, 7) is 2.48. The van der Waals surface area contributed by atoms with Gasteiger partial charge in [-0.05, 0) is 44.5 Å². The highest BCUT2D eigenvalue weighted by Crippen LogP contribution is 2.34. The zero-order valence-electron chi connectivity index (χ0n) is 10.8. The number of carbonyl (C=O) groups is 1. The van der Waals surface area contributed by atoms with E-state index >= 15 is 0 Å². The van der Waals surface area contributed by atoms with Crippen LogP contribution in [0.15, 0.2) is 24.3 Å². The van der Waals surface area contributed by atoms with E-state index in [4.69, 9.17) is 11.6 Å². The number of halogens is 1. The zero-order chi connectivity index (χ0) is 13.1. The standard InChI is InChI=1S/C14H19ClN2O/c1-10(11-3-5-12(15)6-4-11)17(13-7-8-13)14(18)9-16-2/h3-6,10,13,16H,7-9H2,1-2H3. The van der Waals surface area contributed by atoms with Gasteiger partial charge >= 0.3 is 0 Å². The Hall–Kier alpha value is -1.06. The van der Waals surface area contributed by atoms with E-state index in [9.17, 15) is 4.79 Å². The van der Waals surface area contributed by atoms with E-state index in [0.29, 0.717) is 12.6 Å². The van der Waals surface area contributed by atoms with Gasteiger partial charge in [0.05, 0.1) is 12.6 Å². The summed E-state index contributed by atoms with van der Waals surface area (Å²) >= 11 is 5.89. The molecule has 0 bridgehead atoms. The molecular weight excluding hydrogens is 248 g/mol. The van der Waals surface area contributed by atoms with Crippen molar-refractivity contribution in [3.05, 3.63) is 34.9 Å². The molecule has 0 heterocycles. The topological polar surface area (TPSA) is 32.3 Å². The molecule has 1 aliphatic carbocycles. The highest BCUT2D eigenvalue weighted by molar-refractivity contribution is 6.30. The minimum Gasteiger partial charge on any atom is -0.332 e. The first-order valence-corrected chi connectivity index (χ1v) is 6.72. The number of hydrogen-bond donors (Lipinski definition) is 1. The molecule has 98 valence electrons. The fourth-order valence-corrected chi connectivity index (χ4v) is 2.36. The van der Waals surface area contributed by atoms with Gasteiger partial charge in [0.25, 0.3) is 0 Å². The van der Waals surface area contributed by atoms with Crippen molar-refractivity contribution in [2.24, 2.45) is 0 Å². The lowest BCUT2D eigenvalue weighted by Gasteiger charge is -2.30. The lowest BCUT2D eigenvalue weighted by atomic mass is 10.1. The molecule has 1 saturated carbocycles. The van der Waals surface area contributed by atoms with Crippen LogP contribution in [-0.2, 0) is 4.79 Å². The highest BCUT2D eigenvalue weighted by atomic mass is 35.5. The molecule has 0 aromatic heterocycles. The van der Waals surface area contributed by atoms with E-state index in [1.807, 2.05) is 29.2 Å². The molecule has 1 atom stereocenters. The van der Waals surface area contributed by atoms with Crippen molar-refractivity contribution < 1.29 is 4.79 Å². The van der Waals surface area contributed by atoms with Crippen molar-refractivity contribution in [3.8, 4) is 0 Å². The molecule has 0 spiro atoms. The van der Waals surface area contributed by atoms with Crippen molar-refractivity contribution in [2.75, 3.05) is 13.6 Å². The van der Waals surface area contributed by atoms with Crippen LogP contribution >= 0.6 is 11.6 Å². The molecule has 1 aliphatic rings. The first-order valence-electron chi connectivity index (χ1n) is 6.34. The lowest BCUT2D eigenvalue weighted by molar-refractivity contribution is -0.133. The molecular formula is C14H19ClN2O. The minimum absolute atomic E-state index is 0.107. The maximum absolute atomic E-state index is 12.1. The largest absolute Gasteiger partial charge is 0.332 e. The minimum atomic E-state index is 0.107. The fraction of sp³-hybridized carbons (Fsp3) is 0.500. The van der Waals surface area contributed by atoms with E-state index in [2.05, 4.69) is 12.2 Å². The van der Waals surface area contributed by atoms with E-state index in [0.717, 1.165) is 23.4 Å². The lowest BCUT2D eigenvalue weighted by Crippen LogP contribution is -2.40. The number of likely N-dealkylation sites (N-methyl/N-ethyl adjacent to an activating group) is 1. The van der Waals surface area contributed by atoms with Gasteiger partial charge in [-0.25, -0.2) is 0 Å². The number of nitrogens with one attached hydrogen (secondary N) is 1. The molecule has 0 aliphatic heterocycles. The molecule has 1 fully saturated rings. The van der Waals surface area contributed by atoms with Crippen LogP contribution < -0.4 is 5.32 Å². The summed E-state index contributed by atoms with van der Waals surface area (Å²) < 4.78 is 0. The van der Waals surface area contributed by atoms with Crippen LogP contribution in [-0.4, -0.2) is 30.4 Å². The van der Waals surface area contributed by atoms with Crippen LogP contribution in [0.5, 0.6) is 0 Å². The van der Waals surface area contributed by atoms with Gasteiger partial charge in [0.2, 0.25) is 5.91 Å². The SMILES string of the molecule is CNCC(=O)N(C1CC1)C(C)c1ccc(Cl)cc1. The van der Waals surface area contributed by atoms with Crippen molar-refractivity contribution in [3.63, 3.8) is 0 Å². The summed E-state index contributed by atoms with van der Waals surface area (Å²) in [7, 11) is 1.80. The van der Waals surface area contributed by atoms with Gasteiger partial charge in [-0.15, -0.1) is 0 Å². The van der Waals surface area contributed by atoms with Crippen molar-refractivity contribution >= 4 is 17.5 Å². The second-order valence-corrected chi connectivity index (χ2v) is 5.23. The summed E-state index contributed by atoms with van der Waals surface area (Å²) in [4.78, 5) is 14.1. The van der Waals surface area contributed by atoms with Crippen molar-refractivity contribution in [1.29, 1.82) is 0 Å². The van der Waals surface area contributed by atoms with Gasteiger partial charge < -0.3 is 10.2 Å². The van der Waals surface area contributed by atoms with E-state index < -0.39 is 0 Å². The second-order valence-electron chi connectivity index (χ2n) is 4.79. The third-order valence-electron chi connectivity index (χ3n) is 3.33. The predicted octanol–water partition coefficient (Wildman–Crippen LogP) is 2.61. The zero-order valence-corrected chi connectivity index (χ0v) is 11.6. The van der Waals surface area contributed by atoms with Crippen LogP contribution in [0.4, 0.5) is 0 Å². The normalized spacial score (nSPS) is 16.4. The fourth-order valence-electron chi connectivity index (χ4n) is 2.23. The second kappa shape index (κ2) is 5.72. The summed E-state index contributed by atoms with van der Waals surface area (Å²) in [6, 6.07) is 8.26. The number of hydrogen-bond acceptors (Lipinski definition) is 2. The number of amides is 1. The highest BCUT2D eigenvalue weighted by Gasteiger charge is 2.35. The van der Waals surface area contributed by atoms with Crippen LogP contribution in [0.2, 0.25) is 5.02 Å². The predicted molar refractivity (Wildman–Crippen MR) is 73.7 cm³/mol. The van der Waals surface area contributed by atoms with Crippen molar-refractivity contribution in [1.82, 2.24) is 10.2 Å². The molecule has 1 amide bonds.